The number of carbonyl (C=O) groups is 1. The van der Waals surface area contributed by atoms with Crippen LogP contribution in [0.1, 0.15) is 29.7 Å². The summed E-state index contributed by atoms with van der Waals surface area (Å²) < 4.78 is 0. The van der Waals surface area contributed by atoms with Gasteiger partial charge in [0.2, 0.25) is 5.91 Å². The number of aryl methyl sites for hydroxylation is 1. The van der Waals surface area contributed by atoms with Gasteiger partial charge in [-0.3, -0.25) is 4.79 Å². The summed E-state index contributed by atoms with van der Waals surface area (Å²) in [6.45, 7) is 3.98. The van der Waals surface area contributed by atoms with Gasteiger partial charge in [0, 0.05) is 9.92 Å². The molecule has 0 saturated carbocycles. The van der Waals surface area contributed by atoms with E-state index in [4.69, 9.17) is 11.6 Å². The fourth-order valence-corrected chi connectivity index (χ4v) is 3.80. The molecular formula is C23H22ClNOS. The van der Waals surface area contributed by atoms with E-state index >= 15 is 0 Å². The van der Waals surface area contributed by atoms with Crippen molar-refractivity contribution >= 4 is 29.3 Å². The van der Waals surface area contributed by atoms with Crippen LogP contribution in [-0.4, -0.2) is 11.2 Å². The van der Waals surface area contributed by atoms with Gasteiger partial charge < -0.3 is 5.32 Å². The monoisotopic (exact) mass is 395 g/mol. The van der Waals surface area contributed by atoms with E-state index < -0.39 is 0 Å². The third-order valence-electron chi connectivity index (χ3n) is 4.33. The molecule has 2 atom stereocenters. The maximum atomic E-state index is 12.9. The first kappa shape index (κ1) is 19.5. The highest BCUT2D eigenvalue weighted by Gasteiger charge is 2.21. The van der Waals surface area contributed by atoms with Crippen LogP contribution in [0.25, 0.3) is 0 Å². The molecule has 0 radical (unpaired) electrons. The molecule has 1 amide bonds. The molecule has 1 N–H and O–H groups in total. The van der Waals surface area contributed by atoms with E-state index in [1.165, 1.54) is 17.3 Å². The van der Waals surface area contributed by atoms with E-state index in [2.05, 4.69) is 36.5 Å². The highest BCUT2D eigenvalue weighted by atomic mass is 35.5. The minimum atomic E-state index is -0.220. The van der Waals surface area contributed by atoms with Crippen LogP contribution in [0.4, 0.5) is 0 Å². The van der Waals surface area contributed by atoms with Crippen LogP contribution in [0, 0.1) is 6.92 Å². The molecule has 0 bridgehead atoms. The zero-order valence-corrected chi connectivity index (χ0v) is 16.9. The van der Waals surface area contributed by atoms with Crippen LogP contribution in [0.5, 0.6) is 0 Å². The van der Waals surface area contributed by atoms with Crippen LogP contribution in [0.3, 0.4) is 0 Å². The Hall–Kier alpha value is -2.23. The first-order chi connectivity index (χ1) is 13.0. The Morgan fingerprint density at radius 3 is 2.11 bits per heavy atom. The summed E-state index contributed by atoms with van der Waals surface area (Å²) in [5.74, 6) is 0.00405. The highest BCUT2D eigenvalue weighted by molar-refractivity contribution is 8.00. The van der Waals surface area contributed by atoms with Gasteiger partial charge >= 0.3 is 0 Å². The van der Waals surface area contributed by atoms with Gasteiger partial charge in [0.1, 0.15) is 0 Å². The van der Waals surface area contributed by atoms with Crippen LogP contribution in [-0.2, 0) is 4.79 Å². The molecule has 0 aliphatic heterocycles. The number of carbonyl (C=O) groups excluding carboxylic acids is 1. The standard InChI is InChI=1S/C23H22ClNOS/c1-16-8-10-19(11-9-16)22(18-6-4-3-5-7-18)25-23(26)17(2)27-21-14-12-20(24)13-15-21/h3-15,17,22H,1-2H3,(H,25,26)/t17-,22-/m1/s1. The van der Waals surface area contributed by atoms with Crippen molar-refractivity contribution in [3.8, 4) is 0 Å². The molecule has 0 aromatic heterocycles. The van der Waals surface area contributed by atoms with Crippen molar-refractivity contribution in [2.45, 2.75) is 30.0 Å². The van der Waals surface area contributed by atoms with E-state index in [9.17, 15) is 4.79 Å². The first-order valence-corrected chi connectivity index (χ1v) is 10.1. The average Bonchev–Trinajstić information content (AvgIpc) is 2.69. The third kappa shape index (κ3) is 5.38. The lowest BCUT2D eigenvalue weighted by Gasteiger charge is -2.22. The first-order valence-electron chi connectivity index (χ1n) is 8.87. The molecular weight excluding hydrogens is 374 g/mol. The summed E-state index contributed by atoms with van der Waals surface area (Å²) in [6.07, 6.45) is 0. The number of halogens is 1. The quantitative estimate of drug-likeness (QED) is 0.516. The van der Waals surface area contributed by atoms with Crippen molar-refractivity contribution in [2.24, 2.45) is 0 Å². The van der Waals surface area contributed by atoms with Crippen molar-refractivity contribution in [3.63, 3.8) is 0 Å². The summed E-state index contributed by atoms with van der Waals surface area (Å²) in [5, 5.41) is 3.69. The van der Waals surface area contributed by atoms with Crippen LogP contribution < -0.4 is 5.32 Å². The smallest absolute Gasteiger partial charge is 0.233 e. The molecule has 3 aromatic carbocycles. The van der Waals surface area contributed by atoms with E-state index in [0.717, 1.165) is 16.0 Å². The SMILES string of the molecule is Cc1ccc([C@H](NC(=O)[C@@H](C)Sc2ccc(Cl)cc2)c2ccccc2)cc1. The normalized spacial score (nSPS) is 13.0. The summed E-state index contributed by atoms with van der Waals surface area (Å²) in [4.78, 5) is 13.9. The van der Waals surface area contributed by atoms with Crippen LogP contribution in [0.15, 0.2) is 83.8 Å². The highest BCUT2D eigenvalue weighted by Crippen LogP contribution is 2.27. The number of amides is 1. The Morgan fingerprint density at radius 1 is 0.889 bits per heavy atom. The molecule has 27 heavy (non-hydrogen) atoms. The van der Waals surface area contributed by atoms with Gasteiger partial charge in [-0.25, -0.2) is 0 Å². The molecule has 0 unspecified atom stereocenters. The molecule has 0 aliphatic rings. The fourth-order valence-electron chi connectivity index (χ4n) is 2.79. The van der Waals surface area contributed by atoms with Crippen molar-refractivity contribution in [1.29, 1.82) is 0 Å². The summed E-state index contributed by atoms with van der Waals surface area (Å²) in [7, 11) is 0. The van der Waals surface area contributed by atoms with E-state index in [-0.39, 0.29) is 17.2 Å². The molecule has 0 fully saturated rings. The predicted octanol–water partition coefficient (Wildman–Crippen LogP) is 6.03. The van der Waals surface area contributed by atoms with Gasteiger partial charge in [0.25, 0.3) is 0 Å². The molecule has 0 saturated heterocycles. The lowest BCUT2D eigenvalue weighted by molar-refractivity contribution is -0.120. The van der Waals surface area contributed by atoms with E-state index in [1.807, 2.05) is 61.5 Å². The van der Waals surface area contributed by atoms with Crippen LogP contribution >= 0.6 is 23.4 Å². The summed E-state index contributed by atoms with van der Waals surface area (Å²) in [5.41, 5.74) is 3.34. The Kier molecular flexibility index (Phi) is 6.59. The number of thioether (sulfide) groups is 1. The number of rotatable bonds is 6. The number of hydrogen-bond donors (Lipinski definition) is 1. The van der Waals surface area contributed by atoms with Crippen LogP contribution in [0.2, 0.25) is 5.02 Å². The molecule has 0 aliphatic carbocycles. The Balaban J connectivity index is 1.77. The summed E-state index contributed by atoms with van der Waals surface area (Å²) >= 11 is 7.46. The number of benzene rings is 3. The van der Waals surface area contributed by atoms with Crippen molar-refractivity contribution in [2.75, 3.05) is 0 Å². The Bertz CT molecular complexity index is 879. The largest absolute Gasteiger partial charge is 0.344 e. The maximum absolute atomic E-state index is 12.9. The second-order valence-corrected chi connectivity index (χ2v) is 8.33. The van der Waals surface area contributed by atoms with Crippen molar-refractivity contribution < 1.29 is 4.79 Å². The Labute approximate surface area is 170 Å². The molecule has 3 aromatic rings. The van der Waals surface area contributed by atoms with Gasteiger partial charge in [0.05, 0.1) is 11.3 Å². The Morgan fingerprint density at radius 2 is 1.48 bits per heavy atom. The third-order valence-corrected chi connectivity index (χ3v) is 5.69. The van der Waals surface area contributed by atoms with Gasteiger partial charge in [0.15, 0.2) is 0 Å². The maximum Gasteiger partial charge on any atom is 0.233 e. The fraction of sp³-hybridized carbons (Fsp3) is 0.174. The average molecular weight is 396 g/mol. The molecule has 3 rings (SSSR count). The topological polar surface area (TPSA) is 29.1 Å². The van der Waals surface area contributed by atoms with E-state index in [1.54, 1.807) is 0 Å². The van der Waals surface area contributed by atoms with E-state index in [0.29, 0.717) is 5.02 Å². The number of nitrogens with one attached hydrogen (secondary N) is 1. The zero-order valence-electron chi connectivity index (χ0n) is 15.4. The minimum Gasteiger partial charge on any atom is -0.344 e. The molecule has 0 heterocycles. The van der Waals surface area contributed by atoms with Gasteiger partial charge in [-0.15, -0.1) is 11.8 Å². The second-order valence-electron chi connectivity index (χ2n) is 6.48. The zero-order chi connectivity index (χ0) is 19.2. The summed E-state index contributed by atoms with van der Waals surface area (Å²) in [6, 6.07) is 25.7. The molecule has 138 valence electrons. The van der Waals surface area contributed by atoms with Crippen molar-refractivity contribution in [1.82, 2.24) is 5.32 Å². The molecule has 4 heteroatoms. The number of hydrogen-bond acceptors (Lipinski definition) is 2. The van der Waals surface area contributed by atoms with Crippen molar-refractivity contribution in [3.05, 3.63) is 101 Å². The molecule has 0 spiro atoms. The van der Waals surface area contributed by atoms with Gasteiger partial charge in [-0.2, -0.15) is 0 Å². The second kappa shape index (κ2) is 9.12. The molecule has 2 nitrogen and oxygen atoms in total. The van der Waals surface area contributed by atoms with Gasteiger partial charge in [-0.05, 0) is 49.2 Å². The minimum absolute atomic E-state index is 0.00405. The predicted molar refractivity (Wildman–Crippen MR) is 114 cm³/mol. The lowest BCUT2D eigenvalue weighted by Crippen LogP contribution is -2.34. The van der Waals surface area contributed by atoms with Gasteiger partial charge in [-0.1, -0.05) is 71.8 Å². The lowest BCUT2D eigenvalue weighted by atomic mass is 9.97.